The highest BCUT2D eigenvalue weighted by atomic mass is 35.5. The summed E-state index contributed by atoms with van der Waals surface area (Å²) >= 11 is 8.02. The largest absolute Gasteiger partial charge is 0.465 e. The van der Waals surface area contributed by atoms with E-state index in [0.29, 0.717) is 17.1 Å². The molecular formula is C28H33ClN2O5S. The topological polar surface area (TPSA) is 87.2 Å². The molecule has 0 aromatic heterocycles. The Labute approximate surface area is 226 Å². The van der Waals surface area contributed by atoms with Crippen molar-refractivity contribution >= 4 is 46.8 Å². The van der Waals surface area contributed by atoms with Gasteiger partial charge in [-0.05, 0) is 31.4 Å². The lowest BCUT2D eigenvalue weighted by Gasteiger charge is -2.41. The Hall–Kier alpha value is -2.29. The molecule has 0 saturated carbocycles. The van der Waals surface area contributed by atoms with Gasteiger partial charge < -0.3 is 19.6 Å². The molecule has 2 fully saturated rings. The van der Waals surface area contributed by atoms with E-state index in [1.807, 2.05) is 51.1 Å². The first kappa shape index (κ1) is 26.3. The van der Waals surface area contributed by atoms with Crippen LogP contribution in [0.5, 0.6) is 0 Å². The summed E-state index contributed by atoms with van der Waals surface area (Å²) in [6.45, 7) is 6.19. The van der Waals surface area contributed by atoms with Crippen molar-refractivity contribution in [1.82, 2.24) is 4.90 Å². The molecule has 1 unspecified atom stereocenters. The molecule has 1 aromatic rings. The molecule has 4 aliphatic rings. The maximum atomic E-state index is 14.5. The number of nitrogens with zero attached hydrogens (tertiary/aromatic N) is 2. The summed E-state index contributed by atoms with van der Waals surface area (Å²) in [6, 6.07) is 5.67. The van der Waals surface area contributed by atoms with Gasteiger partial charge in [0.2, 0.25) is 5.91 Å². The van der Waals surface area contributed by atoms with Crippen molar-refractivity contribution in [2.24, 2.45) is 17.8 Å². The highest BCUT2D eigenvalue weighted by Gasteiger charge is 2.74. The van der Waals surface area contributed by atoms with Gasteiger partial charge in [-0.2, -0.15) is 0 Å². The zero-order valence-electron chi connectivity index (χ0n) is 21.3. The van der Waals surface area contributed by atoms with E-state index in [0.717, 1.165) is 6.42 Å². The first-order chi connectivity index (χ1) is 17.7. The third-order valence-corrected chi connectivity index (χ3v) is 10.6. The molecule has 7 atom stereocenters. The molecule has 198 valence electrons. The number of carbonyl (C=O) groups is 3. The molecule has 9 heteroatoms. The number of para-hydroxylation sites is 1. The lowest BCUT2D eigenvalue weighted by Crippen LogP contribution is -2.58. The fourth-order valence-corrected chi connectivity index (χ4v) is 8.86. The summed E-state index contributed by atoms with van der Waals surface area (Å²) in [5.74, 6) is -2.57. The molecule has 0 bridgehead atoms. The minimum Gasteiger partial charge on any atom is -0.465 e. The van der Waals surface area contributed by atoms with Gasteiger partial charge in [0.05, 0.1) is 46.5 Å². The molecule has 37 heavy (non-hydrogen) atoms. The SMILES string of the molecule is CC[C@H](C)[C@H](CO)N1C(=O)[C@@H]2[C@H]3C(=O)OCCC=C[C@@]3(C)S[C@@]23C=CCN(c2ccccc2Cl)C(=O)C13. The first-order valence-electron chi connectivity index (χ1n) is 12.9. The highest BCUT2D eigenvalue weighted by Crippen LogP contribution is 2.65. The summed E-state index contributed by atoms with van der Waals surface area (Å²) < 4.78 is 3.86. The molecule has 1 N–H and O–H groups in total. The van der Waals surface area contributed by atoms with Gasteiger partial charge in [-0.3, -0.25) is 14.4 Å². The van der Waals surface area contributed by atoms with Crippen LogP contribution in [0.15, 0.2) is 48.6 Å². The van der Waals surface area contributed by atoms with Crippen LogP contribution in [-0.2, 0) is 19.1 Å². The third kappa shape index (κ3) is 3.94. The fourth-order valence-electron chi connectivity index (χ4n) is 6.49. The summed E-state index contributed by atoms with van der Waals surface area (Å²) in [7, 11) is 0. The maximum Gasteiger partial charge on any atom is 0.311 e. The third-order valence-electron chi connectivity index (χ3n) is 8.45. The Morgan fingerprint density at radius 3 is 2.62 bits per heavy atom. The predicted molar refractivity (Wildman–Crippen MR) is 144 cm³/mol. The van der Waals surface area contributed by atoms with Crippen molar-refractivity contribution < 1.29 is 24.2 Å². The summed E-state index contributed by atoms with van der Waals surface area (Å²) in [5.41, 5.74) is 0.565. The number of halogens is 1. The average molecular weight is 545 g/mol. The number of rotatable bonds is 5. The smallest absolute Gasteiger partial charge is 0.311 e. The molecule has 0 radical (unpaired) electrons. The molecule has 7 nitrogen and oxygen atoms in total. The van der Waals surface area contributed by atoms with E-state index >= 15 is 0 Å². The Bertz CT molecular complexity index is 1170. The number of benzene rings is 1. The zero-order valence-corrected chi connectivity index (χ0v) is 22.9. The molecule has 4 heterocycles. The predicted octanol–water partition coefficient (Wildman–Crippen LogP) is 3.84. The van der Waals surface area contributed by atoms with Crippen LogP contribution in [0.2, 0.25) is 5.02 Å². The number of fused-ring (bicyclic) bond motifs is 2. The number of aliphatic hydroxyl groups excluding tert-OH is 1. The van der Waals surface area contributed by atoms with Crippen LogP contribution in [-0.4, -0.2) is 69.1 Å². The molecule has 0 aliphatic carbocycles. The Morgan fingerprint density at radius 2 is 1.92 bits per heavy atom. The standard InChI is InChI=1S/C28H33ClN2O5S/c1-4-17(2)20(16-32)31-23-25(34)30(19-11-6-5-10-18(19)29)14-9-13-28(23)21(24(31)33)22-26(35)36-15-8-7-12-27(22,3)37-28/h5-7,9-13,17,20-23,32H,4,8,14-16H2,1-3H3/t17-,20-,21-,22-,23?,27+,28-/m0/s1. The lowest BCUT2D eigenvalue weighted by atomic mass is 9.74. The Morgan fingerprint density at radius 1 is 1.16 bits per heavy atom. The van der Waals surface area contributed by atoms with Crippen LogP contribution in [0.4, 0.5) is 5.69 Å². The normalized spacial score (nSPS) is 34.7. The number of aliphatic hydroxyl groups is 1. The number of amides is 2. The number of likely N-dealkylation sites (tertiary alicyclic amines) is 1. The van der Waals surface area contributed by atoms with Crippen LogP contribution < -0.4 is 4.90 Å². The minimum atomic E-state index is -1.00. The van der Waals surface area contributed by atoms with Crippen LogP contribution >= 0.6 is 23.4 Å². The summed E-state index contributed by atoms with van der Waals surface area (Å²) in [6.07, 6.45) is 9.20. The monoisotopic (exact) mass is 544 g/mol. The van der Waals surface area contributed by atoms with Gasteiger partial charge >= 0.3 is 5.97 Å². The quantitative estimate of drug-likeness (QED) is 0.448. The Balaban J connectivity index is 1.71. The van der Waals surface area contributed by atoms with Crippen molar-refractivity contribution in [1.29, 1.82) is 0 Å². The van der Waals surface area contributed by atoms with E-state index in [-0.39, 0.29) is 37.5 Å². The van der Waals surface area contributed by atoms with Crippen LogP contribution in [0, 0.1) is 17.8 Å². The van der Waals surface area contributed by atoms with E-state index in [4.69, 9.17) is 16.3 Å². The van der Waals surface area contributed by atoms with Gasteiger partial charge in [-0.25, -0.2) is 0 Å². The second-order valence-electron chi connectivity index (χ2n) is 10.5. The number of hydrogen-bond acceptors (Lipinski definition) is 6. The van der Waals surface area contributed by atoms with Crippen molar-refractivity contribution in [2.75, 3.05) is 24.7 Å². The van der Waals surface area contributed by atoms with E-state index in [1.54, 1.807) is 28.0 Å². The molecule has 5 rings (SSSR count). The molecule has 2 amide bonds. The summed E-state index contributed by atoms with van der Waals surface area (Å²) in [4.78, 5) is 45.6. The number of carbonyl (C=O) groups excluding carboxylic acids is 3. The fraction of sp³-hybridized carbons (Fsp3) is 0.536. The highest BCUT2D eigenvalue weighted by molar-refractivity contribution is 8.02. The number of cyclic esters (lactones) is 1. The number of hydrogen-bond donors (Lipinski definition) is 1. The van der Waals surface area contributed by atoms with E-state index < -0.39 is 39.4 Å². The van der Waals surface area contributed by atoms with E-state index in [9.17, 15) is 19.5 Å². The van der Waals surface area contributed by atoms with Crippen LogP contribution in [0.25, 0.3) is 0 Å². The number of thioether (sulfide) groups is 1. The van der Waals surface area contributed by atoms with Crippen LogP contribution in [0.1, 0.15) is 33.6 Å². The van der Waals surface area contributed by atoms with Gasteiger partial charge in [-0.1, -0.05) is 68.3 Å². The van der Waals surface area contributed by atoms with Gasteiger partial charge in [0.1, 0.15) is 6.04 Å². The van der Waals surface area contributed by atoms with Crippen molar-refractivity contribution in [3.05, 3.63) is 53.6 Å². The summed E-state index contributed by atoms with van der Waals surface area (Å²) in [5, 5.41) is 10.9. The van der Waals surface area contributed by atoms with Crippen molar-refractivity contribution in [2.45, 2.75) is 55.2 Å². The maximum absolute atomic E-state index is 14.5. The second kappa shape index (κ2) is 9.79. The lowest BCUT2D eigenvalue weighted by molar-refractivity contribution is -0.155. The average Bonchev–Trinajstić information content (AvgIpc) is 3.19. The zero-order chi connectivity index (χ0) is 26.5. The molecule has 1 aromatic carbocycles. The van der Waals surface area contributed by atoms with E-state index in [2.05, 4.69) is 0 Å². The van der Waals surface area contributed by atoms with Crippen molar-refractivity contribution in [3.8, 4) is 0 Å². The number of esters is 1. The Kier molecular flexibility index (Phi) is 6.96. The van der Waals surface area contributed by atoms with Gasteiger partial charge in [0, 0.05) is 11.3 Å². The molecule has 2 saturated heterocycles. The van der Waals surface area contributed by atoms with E-state index in [1.165, 1.54) is 11.8 Å². The van der Waals surface area contributed by atoms with Crippen LogP contribution in [0.3, 0.4) is 0 Å². The molecule has 4 aliphatic heterocycles. The van der Waals surface area contributed by atoms with Crippen molar-refractivity contribution in [3.63, 3.8) is 0 Å². The van der Waals surface area contributed by atoms with Gasteiger partial charge in [-0.15, -0.1) is 11.8 Å². The second-order valence-corrected chi connectivity index (χ2v) is 12.7. The number of anilines is 1. The van der Waals surface area contributed by atoms with Gasteiger partial charge in [0.15, 0.2) is 0 Å². The molecule has 1 spiro atoms. The minimum absolute atomic E-state index is 0.0563. The van der Waals surface area contributed by atoms with Gasteiger partial charge in [0.25, 0.3) is 5.91 Å². The first-order valence-corrected chi connectivity index (χ1v) is 14.1. The molecular weight excluding hydrogens is 512 g/mol. The number of ether oxygens (including phenoxy) is 1.